The highest BCUT2D eigenvalue weighted by atomic mass is 19.4. The van der Waals surface area contributed by atoms with Crippen molar-refractivity contribution in [3.05, 3.63) is 65.2 Å². The summed E-state index contributed by atoms with van der Waals surface area (Å²) < 4.78 is 38.3. The van der Waals surface area contributed by atoms with Crippen molar-refractivity contribution in [2.45, 2.75) is 25.4 Å². The molecule has 2 aromatic carbocycles. The molecule has 1 aliphatic rings. The van der Waals surface area contributed by atoms with Gasteiger partial charge in [0.2, 0.25) is 5.91 Å². The van der Waals surface area contributed by atoms with Crippen LogP contribution in [0.3, 0.4) is 0 Å². The molecule has 2 nitrogen and oxygen atoms in total. The van der Waals surface area contributed by atoms with Crippen molar-refractivity contribution in [3.63, 3.8) is 0 Å². The summed E-state index contributed by atoms with van der Waals surface area (Å²) in [7, 11) is 0. The van der Waals surface area contributed by atoms with Crippen LogP contribution >= 0.6 is 0 Å². The molecule has 0 aliphatic carbocycles. The van der Waals surface area contributed by atoms with E-state index in [0.29, 0.717) is 12.1 Å². The van der Waals surface area contributed by atoms with Crippen LogP contribution in [0.15, 0.2) is 48.5 Å². The largest absolute Gasteiger partial charge is 0.416 e. The van der Waals surface area contributed by atoms with Crippen LogP contribution in [0.2, 0.25) is 0 Å². The molecule has 0 bridgehead atoms. The number of hydrogen-bond acceptors (Lipinski definition) is 1. The minimum atomic E-state index is -4.39. The molecule has 1 aliphatic heterocycles. The number of fused-ring (bicyclic) bond motifs is 1. The molecular weight excluding hydrogens is 303 g/mol. The van der Waals surface area contributed by atoms with E-state index in [-0.39, 0.29) is 12.3 Å². The third kappa shape index (κ3) is 3.38. The Balaban J connectivity index is 1.81. The van der Waals surface area contributed by atoms with Gasteiger partial charge < -0.3 is 4.90 Å². The number of aryl methyl sites for hydroxylation is 1. The predicted molar refractivity (Wildman–Crippen MR) is 82.3 cm³/mol. The van der Waals surface area contributed by atoms with Gasteiger partial charge in [0.05, 0.1) is 12.0 Å². The smallest absolute Gasteiger partial charge is 0.312 e. The lowest BCUT2D eigenvalue weighted by atomic mass is 10.0. The van der Waals surface area contributed by atoms with Crippen molar-refractivity contribution in [2.75, 3.05) is 11.4 Å². The van der Waals surface area contributed by atoms with Gasteiger partial charge in [-0.05, 0) is 36.1 Å². The molecule has 0 aromatic heterocycles. The average molecular weight is 319 g/mol. The van der Waals surface area contributed by atoms with Crippen LogP contribution < -0.4 is 4.90 Å². The molecule has 0 saturated heterocycles. The third-order valence-corrected chi connectivity index (χ3v) is 4.02. The topological polar surface area (TPSA) is 20.3 Å². The number of carbonyl (C=O) groups is 1. The van der Waals surface area contributed by atoms with Gasteiger partial charge in [-0.25, -0.2) is 0 Å². The molecule has 0 unspecified atom stereocenters. The molecule has 3 rings (SSSR count). The quantitative estimate of drug-likeness (QED) is 0.811. The van der Waals surface area contributed by atoms with E-state index in [2.05, 4.69) is 0 Å². The Bertz CT molecular complexity index is 724. The van der Waals surface area contributed by atoms with Crippen molar-refractivity contribution in [1.29, 1.82) is 0 Å². The molecule has 0 N–H and O–H groups in total. The zero-order valence-electron chi connectivity index (χ0n) is 12.4. The van der Waals surface area contributed by atoms with Crippen LogP contribution in [0.1, 0.15) is 23.1 Å². The first kappa shape index (κ1) is 15.6. The van der Waals surface area contributed by atoms with Gasteiger partial charge >= 0.3 is 6.18 Å². The molecule has 5 heteroatoms. The van der Waals surface area contributed by atoms with Gasteiger partial charge in [0.25, 0.3) is 0 Å². The lowest BCUT2D eigenvalue weighted by molar-refractivity contribution is -0.137. The summed E-state index contributed by atoms with van der Waals surface area (Å²) in [5.41, 5.74) is 1.64. The Hall–Kier alpha value is -2.30. The van der Waals surface area contributed by atoms with E-state index in [4.69, 9.17) is 0 Å². The fourth-order valence-corrected chi connectivity index (χ4v) is 2.92. The molecule has 1 heterocycles. The highest BCUT2D eigenvalue weighted by Gasteiger charge is 2.30. The number of anilines is 1. The first-order chi connectivity index (χ1) is 10.9. The summed E-state index contributed by atoms with van der Waals surface area (Å²) in [4.78, 5) is 14.2. The molecule has 0 atom stereocenters. The van der Waals surface area contributed by atoms with Crippen molar-refractivity contribution in [1.82, 2.24) is 0 Å². The third-order valence-electron chi connectivity index (χ3n) is 4.02. The van der Waals surface area contributed by atoms with Crippen molar-refractivity contribution in [2.24, 2.45) is 0 Å². The van der Waals surface area contributed by atoms with E-state index in [1.165, 1.54) is 6.07 Å². The maximum absolute atomic E-state index is 12.8. The summed E-state index contributed by atoms with van der Waals surface area (Å²) in [6, 6.07) is 12.6. The zero-order chi connectivity index (χ0) is 16.4. The number of halogens is 3. The van der Waals surface area contributed by atoms with Gasteiger partial charge in [-0.2, -0.15) is 13.2 Å². The summed E-state index contributed by atoms with van der Waals surface area (Å²) in [6.07, 6.45) is -2.64. The second-order valence-electron chi connectivity index (χ2n) is 5.65. The van der Waals surface area contributed by atoms with Crippen LogP contribution in [-0.4, -0.2) is 12.5 Å². The Labute approximate surface area is 132 Å². The summed E-state index contributed by atoms with van der Waals surface area (Å²) >= 11 is 0. The Morgan fingerprint density at radius 1 is 1.09 bits per heavy atom. The fourth-order valence-electron chi connectivity index (χ4n) is 2.92. The number of rotatable bonds is 2. The standard InChI is InChI=1S/C18H16F3NO/c19-18(20,21)15-8-3-5-13(11-15)12-17(23)22-10-4-7-14-6-1-2-9-16(14)22/h1-3,5-6,8-9,11H,4,7,10,12H2. The van der Waals surface area contributed by atoms with E-state index >= 15 is 0 Å². The van der Waals surface area contributed by atoms with Crippen molar-refractivity contribution in [3.8, 4) is 0 Å². The van der Waals surface area contributed by atoms with Crippen LogP contribution in [0.5, 0.6) is 0 Å². The molecule has 0 spiro atoms. The van der Waals surface area contributed by atoms with Crippen LogP contribution in [-0.2, 0) is 23.8 Å². The second kappa shape index (κ2) is 6.07. The van der Waals surface area contributed by atoms with Crippen LogP contribution in [0.25, 0.3) is 0 Å². The maximum Gasteiger partial charge on any atom is 0.416 e. The highest BCUT2D eigenvalue weighted by Crippen LogP contribution is 2.30. The minimum absolute atomic E-state index is 0.0295. The number of para-hydroxylation sites is 1. The Morgan fingerprint density at radius 3 is 2.65 bits per heavy atom. The van der Waals surface area contributed by atoms with E-state index in [1.807, 2.05) is 24.3 Å². The molecule has 1 amide bonds. The van der Waals surface area contributed by atoms with Gasteiger partial charge in [0.15, 0.2) is 0 Å². The van der Waals surface area contributed by atoms with E-state index in [1.54, 1.807) is 11.0 Å². The molecule has 23 heavy (non-hydrogen) atoms. The monoisotopic (exact) mass is 319 g/mol. The van der Waals surface area contributed by atoms with Crippen molar-refractivity contribution < 1.29 is 18.0 Å². The number of benzene rings is 2. The van der Waals surface area contributed by atoms with Gasteiger partial charge in [-0.15, -0.1) is 0 Å². The zero-order valence-corrected chi connectivity index (χ0v) is 12.4. The average Bonchev–Trinajstić information content (AvgIpc) is 2.53. The Kier molecular flexibility index (Phi) is 4.11. The van der Waals surface area contributed by atoms with E-state index in [0.717, 1.165) is 36.2 Å². The van der Waals surface area contributed by atoms with Gasteiger partial charge in [-0.3, -0.25) is 4.79 Å². The lowest BCUT2D eigenvalue weighted by Gasteiger charge is -2.29. The molecule has 120 valence electrons. The summed E-state index contributed by atoms with van der Waals surface area (Å²) in [5, 5.41) is 0. The molecule has 0 saturated carbocycles. The van der Waals surface area contributed by atoms with Gasteiger partial charge in [-0.1, -0.05) is 36.4 Å². The van der Waals surface area contributed by atoms with E-state index in [9.17, 15) is 18.0 Å². The van der Waals surface area contributed by atoms with Crippen molar-refractivity contribution >= 4 is 11.6 Å². The highest BCUT2D eigenvalue weighted by molar-refractivity contribution is 5.95. The number of carbonyl (C=O) groups excluding carboxylic acids is 1. The Morgan fingerprint density at radius 2 is 1.87 bits per heavy atom. The molecule has 0 fully saturated rings. The predicted octanol–water partition coefficient (Wildman–Crippen LogP) is 4.23. The number of alkyl halides is 3. The van der Waals surface area contributed by atoms with Gasteiger partial charge in [0.1, 0.15) is 0 Å². The van der Waals surface area contributed by atoms with Crippen LogP contribution in [0, 0.1) is 0 Å². The van der Waals surface area contributed by atoms with E-state index < -0.39 is 11.7 Å². The minimum Gasteiger partial charge on any atom is -0.312 e. The summed E-state index contributed by atoms with van der Waals surface area (Å²) in [6.45, 7) is 0.606. The number of amides is 1. The second-order valence-corrected chi connectivity index (χ2v) is 5.65. The first-order valence-corrected chi connectivity index (χ1v) is 7.49. The first-order valence-electron chi connectivity index (χ1n) is 7.49. The molecular formula is C18H16F3NO. The van der Waals surface area contributed by atoms with Crippen LogP contribution in [0.4, 0.5) is 18.9 Å². The fraction of sp³-hybridized carbons (Fsp3) is 0.278. The number of nitrogens with zero attached hydrogens (tertiary/aromatic N) is 1. The SMILES string of the molecule is O=C(Cc1cccc(C(F)(F)F)c1)N1CCCc2ccccc21. The lowest BCUT2D eigenvalue weighted by Crippen LogP contribution is -2.36. The molecule has 2 aromatic rings. The number of hydrogen-bond donors (Lipinski definition) is 0. The maximum atomic E-state index is 12.8. The van der Waals surface area contributed by atoms with Gasteiger partial charge in [0, 0.05) is 12.2 Å². The summed E-state index contributed by atoms with van der Waals surface area (Å²) in [5.74, 6) is -0.170. The normalized spacial score (nSPS) is 14.5. The molecule has 0 radical (unpaired) electrons.